The molecule has 6 N–H and O–H groups in total. The summed E-state index contributed by atoms with van der Waals surface area (Å²) in [5.41, 5.74) is 0. The van der Waals surface area contributed by atoms with Crippen LogP contribution in [0.25, 0.3) is 0 Å². The van der Waals surface area contributed by atoms with Crippen LogP contribution in [0.1, 0.15) is 206 Å². The molecule has 360 valence electrons. The molecule has 0 aromatic heterocycles. The van der Waals surface area contributed by atoms with Crippen molar-refractivity contribution in [2.24, 2.45) is 0 Å². The average molecular weight is 885 g/mol. The number of unbranched alkanes of at least 4 members (excludes halogenated alkanes) is 24. The summed E-state index contributed by atoms with van der Waals surface area (Å²) in [6.07, 6.45) is 29.0. The highest BCUT2D eigenvalue weighted by molar-refractivity contribution is 7.52. The molecule has 0 saturated heterocycles. The van der Waals surface area contributed by atoms with E-state index in [2.05, 4.69) is 24.5 Å². The first-order valence-electron chi connectivity index (χ1n) is 24.1. The van der Waals surface area contributed by atoms with Crippen molar-refractivity contribution in [3.63, 3.8) is 0 Å². The molecule has 14 nitrogen and oxygen atoms in total. The van der Waals surface area contributed by atoms with E-state index >= 15 is 0 Å². The molecule has 0 aliphatic rings. The normalized spacial score (nSPS) is 14.9. The number of hydrogen-bond donors (Lipinski definition) is 6. The molecule has 0 spiro atoms. The van der Waals surface area contributed by atoms with E-state index in [0.717, 1.165) is 38.5 Å². The van der Waals surface area contributed by atoms with E-state index in [1.165, 1.54) is 136 Å². The number of amides is 1. The molecule has 5 atom stereocenters. The van der Waals surface area contributed by atoms with Crippen molar-refractivity contribution < 1.29 is 57.9 Å². The second-order valence-electron chi connectivity index (χ2n) is 16.3. The van der Waals surface area contributed by atoms with E-state index in [0.29, 0.717) is 26.0 Å². The molecule has 60 heavy (non-hydrogen) atoms. The van der Waals surface area contributed by atoms with Crippen molar-refractivity contribution in [1.29, 1.82) is 0 Å². The van der Waals surface area contributed by atoms with Gasteiger partial charge in [-0.15, -0.1) is 0 Å². The number of hydrogen-bond acceptors (Lipinski definition) is 13. The third kappa shape index (κ3) is 44.0. The topological polar surface area (TPSA) is 200 Å². The van der Waals surface area contributed by atoms with Crippen LogP contribution in [0.5, 0.6) is 0 Å². The lowest BCUT2D eigenvalue weighted by Crippen LogP contribution is -2.35. The number of phosphoric acid groups is 1. The van der Waals surface area contributed by atoms with Crippen molar-refractivity contribution in [3.8, 4) is 0 Å². The summed E-state index contributed by atoms with van der Waals surface area (Å²) in [4.78, 5) is 35.1. The number of aliphatic hydroxyl groups excluding tert-OH is 3. The first-order valence-corrected chi connectivity index (χ1v) is 25.6. The van der Waals surface area contributed by atoms with Gasteiger partial charge in [-0.25, -0.2) is 0 Å². The quantitative estimate of drug-likeness (QED) is 0.0193. The second-order valence-corrected chi connectivity index (χ2v) is 17.8. The van der Waals surface area contributed by atoms with E-state index in [1.807, 2.05) is 0 Å². The molecule has 0 rings (SSSR count). The van der Waals surface area contributed by atoms with Crippen LogP contribution in [0.3, 0.4) is 0 Å². The number of aliphatic hydroxyl groups is 3. The zero-order valence-corrected chi connectivity index (χ0v) is 39.4. The molecule has 15 heteroatoms. The van der Waals surface area contributed by atoms with Crippen LogP contribution < -0.4 is 15.5 Å². The third-order valence-corrected chi connectivity index (χ3v) is 11.5. The summed E-state index contributed by atoms with van der Waals surface area (Å²) in [6, 6.07) is 0. The summed E-state index contributed by atoms with van der Waals surface area (Å²) in [6.45, 7) is 4.48. The van der Waals surface area contributed by atoms with E-state index < -0.39 is 39.7 Å². The Morgan fingerprint density at radius 1 is 0.600 bits per heavy atom. The van der Waals surface area contributed by atoms with E-state index in [9.17, 15) is 29.9 Å². The van der Waals surface area contributed by atoms with Crippen LogP contribution in [0.4, 0.5) is 0 Å². The first-order chi connectivity index (χ1) is 29.1. The fourth-order valence-electron chi connectivity index (χ4n) is 6.86. The van der Waals surface area contributed by atoms with Crippen LogP contribution >= 0.6 is 8.17 Å². The van der Waals surface area contributed by atoms with Gasteiger partial charge in [-0.05, 0) is 32.1 Å². The maximum absolute atomic E-state index is 12.7. The second kappa shape index (κ2) is 45.0. The van der Waals surface area contributed by atoms with Gasteiger partial charge in [0.1, 0.15) is 32.3 Å². The molecule has 0 aromatic rings. The lowest BCUT2D eigenvalue weighted by atomic mass is 10.0. The van der Waals surface area contributed by atoms with Crippen molar-refractivity contribution in [2.45, 2.75) is 231 Å². The lowest BCUT2D eigenvalue weighted by Gasteiger charge is -2.25. The molecule has 0 fully saturated rings. The Hall–Kier alpha value is -0.580. The highest BCUT2D eigenvalue weighted by Crippen LogP contribution is 2.47. The van der Waals surface area contributed by atoms with Crippen LogP contribution in [0.15, 0.2) is 0 Å². The molecule has 0 saturated carbocycles. The van der Waals surface area contributed by atoms with Crippen molar-refractivity contribution in [2.75, 3.05) is 53.4 Å². The maximum atomic E-state index is 12.7. The Morgan fingerprint density at radius 3 is 1.55 bits per heavy atom. The number of rotatable bonds is 49. The molecule has 0 aliphatic heterocycles. The summed E-state index contributed by atoms with van der Waals surface area (Å²) >= 11 is 0. The van der Waals surface area contributed by atoms with Crippen LogP contribution in [0, 0.1) is 0 Å². The predicted octanol–water partition coefficient (Wildman–Crippen LogP) is 8.48. The molecule has 1 amide bonds. The zero-order chi connectivity index (χ0) is 44.2. The first kappa shape index (κ1) is 59.4. The number of phosphoric ester groups is 1. The van der Waals surface area contributed by atoms with E-state index in [-0.39, 0.29) is 45.3 Å². The Morgan fingerprint density at radius 2 is 1.07 bits per heavy atom. The summed E-state index contributed by atoms with van der Waals surface area (Å²) in [5.74, 6) is -0.357. The number of nitrogens with one attached hydrogen (secondary N) is 2. The minimum absolute atomic E-state index is 0.0340. The van der Waals surface area contributed by atoms with Gasteiger partial charge in [0, 0.05) is 26.6 Å². The standard InChI is InChI=1S/C45H93N2O12P/c1-4-6-8-10-12-14-16-18-20-22-24-26-28-30-44(50)56-38-41(59-45(51)31-29-27-25-23-21-19-17-15-13-11-9-7-5-2)39-58-60(52,53)57-37-35-47-43(49)33-32-42(48)46-34-36-55-40-54-3/h41-42,44-46,48,50-51H,4-40H2,1-3H3,(H,47,49)(H,52,53). The Bertz CT molecular complexity index is 897. The van der Waals surface area contributed by atoms with Gasteiger partial charge in [0.25, 0.3) is 0 Å². The van der Waals surface area contributed by atoms with E-state index in [4.69, 9.17) is 28.0 Å². The molecule has 0 radical (unpaired) electrons. The van der Waals surface area contributed by atoms with Crippen LogP contribution in [-0.2, 0) is 32.8 Å². The fourth-order valence-corrected chi connectivity index (χ4v) is 7.61. The predicted molar refractivity (Wildman–Crippen MR) is 239 cm³/mol. The van der Waals surface area contributed by atoms with Gasteiger partial charge in [-0.2, -0.15) is 13.9 Å². The Balaban J connectivity index is 4.55. The van der Waals surface area contributed by atoms with Gasteiger partial charge in [0.2, 0.25) is 5.91 Å². The molecule has 0 heterocycles. The molecule has 0 bridgehead atoms. The smallest absolute Gasteiger partial charge is 0.376 e. The van der Waals surface area contributed by atoms with Gasteiger partial charge in [0.05, 0.1) is 13.2 Å². The SMILES string of the molecule is CCCCCCCCCCCCCCCC(O)OCC(CO[P+]([O-])(O)OCCNC(=O)CCC(O)NCCOCOC)OC(O)CCCCCCCCCCCCCCC. The lowest BCUT2D eigenvalue weighted by molar-refractivity contribution is -0.250. The van der Waals surface area contributed by atoms with Gasteiger partial charge in [0.15, 0.2) is 12.6 Å². The molecule has 0 aliphatic carbocycles. The minimum Gasteiger partial charge on any atom is -0.606 e. The Labute approximate surface area is 366 Å². The minimum atomic E-state index is -4.55. The van der Waals surface area contributed by atoms with Crippen molar-refractivity contribution in [1.82, 2.24) is 10.6 Å². The number of methoxy groups -OCH3 is 1. The fraction of sp³-hybridized carbons (Fsp3) is 0.978. The molecular weight excluding hydrogens is 791 g/mol. The summed E-state index contributed by atoms with van der Waals surface area (Å²) in [7, 11) is -3.03. The highest BCUT2D eigenvalue weighted by Gasteiger charge is 2.30. The largest absolute Gasteiger partial charge is 0.606 e. The van der Waals surface area contributed by atoms with Gasteiger partial charge in [-0.3, -0.25) is 10.1 Å². The van der Waals surface area contributed by atoms with Gasteiger partial charge < -0.3 is 44.5 Å². The Kier molecular flexibility index (Phi) is 44.6. The molecule has 5 unspecified atom stereocenters. The highest BCUT2D eigenvalue weighted by atomic mass is 31.2. The number of ether oxygens (including phenoxy) is 4. The number of carbonyl (C=O) groups is 1. The van der Waals surface area contributed by atoms with Crippen molar-refractivity contribution in [3.05, 3.63) is 0 Å². The third-order valence-electron chi connectivity index (χ3n) is 10.5. The molecule has 0 aromatic carbocycles. The van der Waals surface area contributed by atoms with Crippen molar-refractivity contribution >= 4 is 14.1 Å². The number of carbonyl (C=O) groups excluding carboxylic acids is 1. The van der Waals surface area contributed by atoms with Gasteiger partial charge in [-0.1, -0.05) is 168 Å². The zero-order valence-electron chi connectivity index (χ0n) is 38.5. The monoisotopic (exact) mass is 885 g/mol. The van der Waals surface area contributed by atoms with Crippen LogP contribution in [-0.4, -0.2) is 104 Å². The van der Waals surface area contributed by atoms with E-state index in [1.54, 1.807) is 0 Å². The van der Waals surface area contributed by atoms with Crippen LogP contribution in [0.2, 0.25) is 0 Å². The van der Waals surface area contributed by atoms with Gasteiger partial charge >= 0.3 is 8.17 Å². The molecular formula is C45H93N2O12P. The summed E-state index contributed by atoms with van der Waals surface area (Å²) in [5, 5.41) is 36.6. The summed E-state index contributed by atoms with van der Waals surface area (Å²) < 4.78 is 31.6. The maximum Gasteiger partial charge on any atom is 0.376 e. The average Bonchev–Trinajstić information content (AvgIpc) is 3.23.